The normalized spacial score (nSPS) is 19.6. The molecule has 0 unspecified atom stereocenters. The summed E-state index contributed by atoms with van der Waals surface area (Å²) >= 11 is 0. The van der Waals surface area contributed by atoms with Crippen LogP contribution >= 0.6 is 0 Å². The summed E-state index contributed by atoms with van der Waals surface area (Å²) in [6, 6.07) is 0. The molecule has 0 spiro atoms. The fourth-order valence-electron chi connectivity index (χ4n) is 2.08. The minimum absolute atomic E-state index is 0.144. The van der Waals surface area contributed by atoms with E-state index in [1.807, 2.05) is 6.92 Å². The Kier molecular flexibility index (Phi) is 4.39. The van der Waals surface area contributed by atoms with E-state index in [4.69, 9.17) is 4.74 Å². The number of ether oxygens (including phenoxy) is 1. The van der Waals surface area contributed by atoms with Gasteiger partial charge in [0.2, 0.25) is 0 Å². The molecule has 1 saturated carbocycles. The van der Waals surface area contributed by atoms with Crippen molar-refractivity contribution in [3.8, 4) is 0 Å². The van der Waals surface area contributed by atoms with Crippen LogP contribution in [0.25, 0.3) is 0 Å². The van der Waals surface area contributed by atoms with Crippen LogP contribution in [0.3, 0.4) is 0 Å². The van der Waals surface area contributed by atoms with E-state index in [0.717, 1.165) is 6.54 Å². The van der Waals surface area contributed by atoms with Crippen molar-refractivity contribution in [3.63, 3.8) is 0 Å². The molecule has 0 aromatic carbocycles. The lowest BCUT2D eigenvalue weighted by Crippen LogP contribution is -2.33. The van der Waals surface area contributed by atoms with E-state index >= 15 is 0 Å². The predicted octanol–water partition coefficient (Wildman–Crippen LogP) is 1.72. The molecule has 1 aliphatic carbocycles. The average Bonchev–Trinajstić information content (AvgIpc) is 2.53. The number of nitrogens with one attached hydrogen (secondary N) is 1. The smallest absolute Gasteiger partial charge is 0.319 e. The van der Waals surface area contributed by atoms with E-state index in [1.165, 1.54) is 25.7 Å². The second-order valence-corrected chi connectivity index (χ2v) is 4.43. The van der Waals surface area contributed by atoms with Crippen LogP contribution in [0.15, 0.2) is 0 Å². The molecule has 0 atom stereocenters. The number of hydrogen-bond donors (Lipinski definition) is 1. The molecule has 0 aromatic heterocycles. The summed E-state index contributed by atoms with van der Waals surface area (Å²) in [6.45, 7) is 5.88. The summed E-state index contributed by atoms with van der Waals surface area (Å²) < 4.78 is 4.84. The summed E-state index contributed by atoms with van der Waals surface area (Å²) in [7, 11) is 0. The van der Waals surface area contributed by atoms with Gasteiger partial charge in [-0.1, -0.05) is 19.8 Å². The zero-order chi connectivity index (χ0) is 10.4. The molecular formula is C11H21NO2. The van der Waals surface area contributed by atoms with E-state index in [1.54, 1.807) is 0 Å². The first-order valence-corrected chi connectivity index (χ1v) is 5.53. The van der Waals surface area contributed by atoms with E-state index in [-0.39, 0.29) is 5.97 Å². The van der Waals surface area contributed by atoms with Crippen LogP contribution in [-0.4, -0.2) is 25.7 Å². The Balaban J connectivity index is 2.11. The first-order valence-electron chi connectivity index (χ1n) is 5.53. The Morgan fingerprint density at radius 1 is 1.43 bits per heavy atom. The van der Waals surface area contributed by atoms with Gasteiger partial charge in [-0.3, -0.25) is 4.79 Å². The molecule has 14 heavy (non-hydrogen) atoms. The van der Waals surface area contributed by atoms with Gasteiger partial charge < -0.3 is 10.1 Å². The maximum atomic E-state index is 11.0. The van der Waals surface area contributed by atoms with Crippen molar-refractivity contribution in [2.75, 3.05) is 19.7 Å². The fraction of sp³-hybridized carbons (Fsp3) is 0.909. The minimum Gasteiger partial charge on any atom is -0.465 e. The number of rotatable bonds is 5. The zero-order valence-electron chi connectivity index (χ0n) is 9.27. The van der Waals surface area contributed by atoms with Crippen LogP contribution < -0.4 is 5.32 Å². The number of carbonyl (C=O) groups excluding carboxylic acids is 1. The first kappa shape index (κ1) is 11.5. The number of esters is 1. The topological polar surface area (TPSA) is 38.3 Å². The quantitative estimate of drug-likeness (QED) is 0.685. The van der Waals surface area contributed by atoms with Crippen LogP contribution in [0.4, 0.5) is 0 Å². The molecule has 1 aliphatic rings. The summed E-state index contributed by atoms with van der Waals surface area (Å²) in [6.07, 6.45) is 5.22. The largest absolute Gasteiger partial charge is 0.465 e. The SMILES string of the molecule is CCOC(=O)CNCC1(C)CCCC1. The maximum absolute atomic E-state index is 11.0. The van der Waals surface area contributed by atoms with Gasteiger partial charge in [-0.05, 0) is 25.2 Å². The number of carbonyl (C=O) groups is 1. The minimum atomic E-state index is -0.144. The van der Waals surface area contributed by atoms with Crippen molar-refractivity contribution in [1.29, 1.82) is 0 Å². The standard InChI is InChI=1S/C11H21NO2/c1-3-14-10(13)8-12-9-11(2)6-4-5-7-11/h12H,3-9H2,1-2H3. The van der Waals surface area contributed by atoms with Crippen LogP contribution in [0.2, 0.25) is 0 Å². The Morgan fingerprint density at radius 3 is 2.64 bits per heavy atom. The van der Waals surface area contributed by atoms with Crippen LogP contribution in [0.1, 0.15) is 39.5 Å². The van der Waals surface area contributed by atoms with Crippen molar-refractivity contribution in [2.45, 2.75) is 39.5 Å². The van der Waals surface area contributed by atoms with Crippen molar-refractivity contribution < 1.29 is 9.53 Å². The summed E-state index contributed by atoms with van der Waals surface area (Å²) in [5.74, 6) is -0.144. The lowest BCUT2D eigenvalue weighted by molar-refractivity contribution is -0.142. The summed E-state index contributed by atoms with van der Waals surface area (Å²) in [4.78, 5) is 11.0. The third-order valence-corrected chi connectivity index (χ3v) is 2.94. The van der Waals surface area contributed by atoms with Gasteiger partial charge in [-0.2, -0.15) is 0 Å². The van der Waals surface area contributed by atoms with Gasteiger partial charge in [-0.25, -0.2) is 0 Å². The first-order chi connectivity index (χ1) is 6.66. The van der Waals surface area contributed by atoms with Gasteiger partial charge in [0.05, 0.1) is 13.2 Å². The van der Waals surface area contributed by atoms with Gasteiger partial charge in [0.1, 0.15) is 0 Å². The highest BCUT2D eigenvalue weighted by atomic mass is 16.5. The highest BCUT2D eigenvalue weighted by molar-refractivity contribution is 5.71. The molecule has 3 heteroatoms. The Bertz CT molecular complexity index is 186. The Morgan fingerprint density at radius 2 is 2.07 bits per heavy atom. The predicted molar refractivity (Wildman–Crippen MR) is 56.1 cm³/mol. The van der Waals surface area contributed by atoms with Gasteiger partial charge >= 0.3 is 5.97 Å². The molecule has 1 N–H and O–H groups in total. The molecule has 1 fully saturated rings. The van der Waals surface area contributed by atoms with Crippen LogP contribution in [0.5, 0.6) is 0 Å². The molecule has 0 heterocycles. The van der Waals surface area contributed by atoms with Gasteiger partial charge in [-0.15, -0.1) is 0 Å². The molecule has 82 valence electrons. The van der Waals surface area contributed by atoms with E-state index in [2.05, 4.69) is 12.2 Å². The Hall–Kier alpha value is -0.570. The Labute approximate surface area is 86.2 Å². The third-order valence-electron chi connectivity index (χ3n) is 2.94. The van der Waals surface area contributed by atoms with Crippen molar-refractivity contribution in [1.82, 2.24) is 5.32 Å². The zero-order valence-corrected chi connectivity index (χ0v) is 9.27. The lowest BCUT2D eigenvalue weighted by atomic mass is 9.89. The molecule has 1 rings (SSSR count). The molecule has 3 nitrogen and oxygen atoms in total. The number of hydrogen-bond acceptors (Lipinski definition) is 3. The average molecular weight is 199 g/mol. The summed E-state index contributed by atoms with van der Waals surface area (Å²) in [5.41, 5.74) is 0.409. The van der Waals surface area contributed by atoms with E-state index in [0.29, 0.717) is 18.6 Å². The van der Waals surface area contributed by atoms with Crippen LogP contribution in [-0.2, 0) is 9.53 Å². The highest BCUT2D eigenvalue weighted by Crippen LogP contribution is 2.36. The molecule has 0 radical (unpaired) electrons. The second kappa shape index (κ2) is 5.35. The molecular weight excluding hydrogens is 178 g/mol. The van der Waals surface area contributed by atoms with Gasteiger partial charge in [0.15, 0.2) is 0 Å². The van der Waals surface area contributed by atoms with E-state index < -0.39 is 0 Å². The second-order valence-electron chi connectivity index (χ2n) is 4.43. The van der Waals surface area contributed by atoms with Crippen molar-refractivity contribution in [3.05, 3.63) is 0 Å². The van der Waals surface area contributed by atoms with Crippen molar-refractivity contribution >= 4 is 5.97 Å². The molecule has 0 aliphatic heterocycles. The molecule has 0 bridgehead atoms. The van der Waals surface area contributed by atoms with Gasteiger partial charge in [0.25, 0.3) is 0 Å². The van der Waals surface area contributed by atoms with Crippen molar-refractivity contribution in [2.24, 2.45) is 5.41 Å². The highest BCUT2D eigenvalue weighted by Gasteiger charge is 2.28. The lowest BCUT2D eigenvalue weighted by Gasteiger charge is -2.23. The molecule has 0 saturated heterocycles. The summed E-state index contributed by atoms with van der Waals surface area (Å²) in [5, 5.41) is 3.18. The van der Waals surface area contributed by atoms with Gasteiger partial charge in [0, 0.05) is 6.54 Å². The van der Waals surface area contributed by atoms with E-state index in [9.17, 15) is 4.79 Å². The monoisotopic (exact) mass is 199 g/mol. The fourth-order valence-corrected chi connectivity index (χ4v) is 2.08. The van der Waals surface area contributed by atoms with Crippen LogP contribution in [0, 0.1) is 5.41 Å². The maximum Gasteiger partial charge on any atom is 0.319 e. The third kappa shape index (κ3) is 3.66. The molecule has 0 aromatic rings. The molecule has 0 amide bonds.